The number of nitrogens with zero attached hydrogens (tertiary/aromatic N) is 1. The molecule has 2 rings (SSSR count). The maximum atomic E-state index is 12.2. The average molecular weight is 322 g/mol. The van der Waals surface area contributed by atoms with Crippen molar-refractivity contribution in [2.24, 2.45) is 0 Å². The van der Waals surface area contributed by atoms with E-state index in [1.54, 1.807) is 6.26 Å². The monoisotopic (exact) mass is 322 g/mol. The first-order chi connectivity index (χ1) is 10.7. The van der Waals surface area contributed by atoms with Crippen LogP contribution in [-0.4, -0.2) is 41.3 Å². The Hall–Kier alpha value is -1.49. The van der Waals surface area contributed by atoms with Gasteiger partial charge in [-0.2, -0.15) is 0 Å². The van der Waals surface area contributed by atoms with Gasteiger partial charge in [0, 0.05) is 31.1 Å². The van der Waals surface area contributed by atoms with E-state index in [4.69, 9.17) is 9.15 Å². The molecule has 1 aromatic rings. The number of likely N-dealkylation sites (tertiary alicyclic amines) is 1. The van der Waals surface area contributed by atoms with Crippen LogP contribution in [0.15, 0.2) is 22.8 Å². The Bertz CT molecular complexity index is 493. The fourth-order valence-electron chi connectivity index (χ4n) is 3.11. The van der Waals surface area contributed by atoms with Crippen molar-refractivity contribution in [3.8, 4) is 0 Å². The van der Waals surface area contributed by atoms with Gasteiger partial charge in [-0.15, -0.1) is 0 Å². The number of nitrogens with one attached hydrogen (secondary N) is 1. The molecule has 23 heavy (non-hydrogen) atoms. The Kier molecular flexibility index (Phi) is 5.74. The van der Waals surface area contributed by atoms with E-state index < -0.39 is 5.60 Å². The standard InChI is InChI=1S/C18H30N2O3/c1-13(11-16-7-6-10-22-16)19-15-8-9-20(14(2)12-15)17(21)23-18(3,4)5/h6-7,10,13-15,19H,8-9,11-12H2,1-5H3. The molecule has 1 aliphatic heterocycles. The molecule has 1 amide bonds. The molecule has 1 aliphatic rings. The Morgan fingerprint density at radius 2 is 2.26 bits per heavy atom. The molecule has 2 heterocycles. The van der Waals surface area contributed by atoms with E-state index in [1.807, 2.05) is 37.8 Å². The molecule has 3 unspecified atom stereocenters. The van der Waals surface area contributed by atoms with Crippen LogP contribution in [0, 0.1) is 0 Å². The van der Waals surface area contributed by atoms with Crippen LogP contribution < -0.4 is 5.32 Å². The van der Waals surface area contributed by atoms with Gasteiger partial charge in [-0.25, -0.2) is 4.79 Å². The molecule has 0 bridgehead atoms. The van der Waals surface area contributed by atoms with Crippen LogP contribution in [0.5, 0.6) is 0 Å². The predicted octanol–water partition coefficient (Wildman–Crippen LogP) is 3.59. The van der Waals surface area contributed by atoms with Crippen molar-refractivity contribution in [2.45, 2.75) is 77.6 Å². The summed E-state index contributed by atoms with van der Waals surface area (Å²) in [6, 6.07) is 4.89. The summed E-state index contributed by atoms with van der Waals surface area (Å²) in [5, 5.41) is 3.66. The van der Waals surface area contributed by atoms with E-state index in [0.29, 0.717) is 12.1 Å². The van der Waals surface area contributed by atoms with Gasteiger partial charge in [0.25, 0.3) is 0 Å². The number of carbonyl (C=O) groups excluding carboxylic acids is 1. The van der Waals surface area contributed by atoms with Gasteiger partial charge >= 0.3 is 6.09 Å². The Morgan fingerprint density at radius 3 is 2.83 bits per heavy atom. The number of ether oxygens (including phenoxy) is 1. The molecular weight excluding hydrogens is 292 g/mol. The van der Waals surface area contributed by atoms with E-state index in [-0.39, 0.29) is 12.1 Å². The van der Waals surface area contributed by atoms with Crippen molar-refractivity contribution in [3.63, 3.8) is 0 Å². The molecule has 0 radical (unpaired) electrons. The zero-order chi connectivity index (χ0) is 17.0. The molecule has 0 saturated carbocycles. The molecule has 5 heteroatoms. The zero-order valence-corrected chi connectivity index (χ0v) is 15.0. The van der Waals surface area contributed by atoms with Crippen molar-refractivity contribution in [2.75, 3.05) is 6.54 Å². The largest absolute Gasteiger partial charge is 0.469 e. The lowest BCUT2D eigenvalue weighted by molar-refractivity contribution is 0.00907. The first kappa shape index (κ1) is 17.9. The molecule has 130 valence electrons. The summed E-state index contributed by atoms with van der Waals surface area (Å²) in [6.07, 6.45) is 4.29. The summed E-state index contributed by atoms with van der Waals surface area (Å²) in [6.45, 7) is 10.7. The van der Waals surface area contributed by atoms with Gasteiger partial charge in [-0.05, 0) is 59.6 Å². The highest BCUT2D eigenvalue weighted by Crippen LogP contribution is 2.21. The number of hydrogen-bond acceptors (Lipinski definition) is 4. The van der Waals surface area contributed by atoms with Crippen molar-refractivity contribution in [3.05, 3.63) is 24.2 Å². The maximum absolute atomic E-state index is 12.2. The number of carbonyl (C=O) groups is 1. The van der Waals surface area contributed by atoms with Crippen LogP contribution in [0.3, 0.4) is 0 Å². The first-order valence-corrected chi connectivity index (χ1v) is 8.52. The lowest BCUT2D eigenvalue weighted by atomic mass is 9.97. The Morgan fingerprint density at radius 1 is 1.52 bits per heavy atom. The fraction of sp³-hybridized carbons (Fsp3) is 0.722. The van der Waals surface area contributed by atoms with Gasteiger partial charge in [-0.3, -0.25) is 0 Å². The summed E-state index contributed by atoms with van der Waals surface area (Å²) in [7, 11) is 0. The summed E-state index contributed by atoms with van der Waals surface area (Å²) >= 11 is 0. The van der Waals surface area contributed by atoms with E-state index in [9.17, 15) is 4.79 Å². The molecule has 0 aliphatic carbocycles. The third-order valence-electron chi connectivity index (χ3n) is 4.11. The van der Waals surface area contributed by atoms with Crippen LogP contribution in [0.4, 0.5) is 4.79 Å². The number of furan rings is 1. The van der Waals surface area contributed by atoms with E-state index in [1.165, 1.54) is 0 Å². The fourth-order valence-corrected chi connectivity index (χ4v) is 3.11. The number of piperidine rings is 1. The minimum absolute atomic E-state index is 0.187. The maximum Gasteiger partial charge on any atom is 0.410 e. The summed E-state index contributed by atoms with van der Waals surface area (Å²) in [4.78, 5) is 14.1. The number of hydrogen-bond donors (Lipinski definition) is 1. The first-order valence-electron chi connectivity index (χ1n) is 8.52. The van der Waals surface area contributed by atoms with Crippen LogP contribution >= 0.6 is 0 Å². The topological polar surface area (TPSA) is 54.7 Å². The third kappa shape index (κ3) is 5.57. The van der Waals surface area contributed by atoms with Crippen molar-refractivity contribution >= 4 is 6.09 Å². The molecule has 1 saturated heterocycles. The molecule has 1 fully saturated rings. The number of rotatable bonds is 4. The Labute approximate surface area is 139 Å². The summed E-state index contributed by atoms with van der Waals surface area (Å²) in [5.41, 5.74) is -0.441. The molecule has 0 aromatic carbocycles. The van der Waals surface area contributed by atoms with E-state index in [0.717, 1.165) is 31.6 Å². The third-order valence-corrected chi connectivity index (χ3v) is 4.11. The Balaban J connectivity index is 1.80. The lowest BCUT2D eigenvalue weighted by Crippen LogP contribution is -2.52. The molecule has 5 nitrogen and oxygen atoms in total. The zero-order valence-electron chi connectivity index (χ0n) is 15.0. The molecule has 1 aromatic heterocycles. The van der Waals surface area contributed by atoms with Crippen molar-refractivity contribution in [1.29, 1.82) is 0 Å². The van der Waals surface area contributed by atoms with Gasteiger partial charge in [0.15, 0.2) is 0 Å². The van der Waals surface area contributed by atoms with Crippen molar-refractivity contribution < 1.29 is 13.9 Å². The van der Waals surface area contributed by atoms with Gasteiger partial charge in [0.2, 0.25) is 0 Å². The van der Waals surface area contributed by atoms with Gasteiger partial charge in [0.1, 0.15) is 11.4 Å². The second-order valence-electron chi connectivity index (χ2n) is 7.60. The van der Waals surface area contributed by atoms with Crippen LogP contribution in [-0.2, 0) is 11.2 Å². The molecular formula is C18H30N2O3. The molecule has 1 N–H and O–H groups in total. The summed E-state index contributed by atoms with van der Waals surface area (Å²) in [5.74, 6) is 1.00. The molecule has 0 spiro atoms. The summed E-state index contributed by atoms with van der Waals surface area (Å²) < 4.78 is 10.9. The predicted molar refractivity (Wildman–Crippen MR) is 90.4 cm³/mol. The van der Waals surface area contributed by atoms with Gasteiger partial charge in [0.05, 0.1) is 6.26 Å². The normalized spacial score (nSPS) is 23.6. The highest BCUT2D eigenvalue weighted by molar-refractivity contribution is 5.68. The number of amides is 1. The van der Waals surface area contributed by atoms with E-state index in [2.05, 4.69) is 19.2 Å². The van der Waals surface area contributed by atoms with Crippen LogP contribution in [0.2, 0.25) is 0 Å². The molecule has 3 atom stereocenters. The second-order valence-corrected chi connectivity index (χ2v) is 7.60. The van der Waals surface area contributed by atoms with Gasteiger partial charge < -0.3 is 19.4 Å². The highest BCUT2D eigenvalue weighted by atomic mass is 16.6. The van der Waals surface area contributed by atoms with Gasteiger partial charge in [-0.1, -0.05) is 0 Å². The lowest BCUT2D eigenvalue weighted by Gasteiger charge is -2.39. The minimum atomic E-state index is -0.441. The van der Waals surface area contributed by atoms with Crippen molar-refractivity contribution in [1.82, 2.24) is 10.2 Å². The van der Waals surface area contributed by atoms with Crippen LogP contribution in [0.1, 0.15) is 53.2 Å². The van der Waals surface area contributed by atoms with E-state index >= 15 is 0 Å². The SMILES string of the molecule is CC(Cc1ccco1)NC1CCN(C(=O)OC(C)(C)C)C(C)C1. The minimum Gasteiger partial charge on any atom is -0.469 e. The second kappa shape index (κ2) is 7.39. The highest BCUT2D eigenvalue weighted by Gasteiger charge is 2.32. The quantitative estimate of drug-likeness (QED) is 0.920. The van der Waals surface area contributed by atoms with Crippen LogP contribution in [0.25, 0.3) is 0 Å². The smallest absolute Gasteiger partial charge is 0.410 e. The average Bonchev–Trinajstić information content (AvgIpc) is 2.89.